The number of benzene rings is 2. The van der Waals surface area contributed by atoms with Crippen LogP contribution in [0.15, 0.2) is 54.7 Å². The topological polar surface area (TPSA) is 34.0 Å². The van der Waals surface area contributed by atoms with Gasteiger partial charge in [0.05, 0.1) is 0 Å². The molecule has 3 aromatic rings. The largest absolute Gasteiger partial charge is 0.338 e. The number of carbonyl (C=O) groups is 1. The maximum Gasteiger partial charge on any atom is 0.244 e. The molecule has 2 aromatic carbocycles. The van der Waals surface area contributed by atoms with Gasteiger partial charge in [-0.15, -0.1) is 0 Å². The van der Waals surface area contributed by atoms with Gasteiger partial charge in [-0.3, -0.25) is 4.79 Å². The summed E-state index contributed by atoms with van der Waals surface area (Å²) >= 11 is 0. The maximum absolute atomic E-state index is 12.3. The second-order valence-corrected chi connectivity index (χ2v) is 6.28. The Morgan fingerprint density at radius 2 is 1.91 bits per heavy atom. The highest BCUT2D eigenvalue weighted by Crippen LogP contribution is 2.22. The molecule has 0 spiro atoms. The zero-order valence-corrected chi connectivity index (χ0v) is 13.8. The number of aromatic nitrogens is 1. The minimum Gasteiger partial charge on any atom is -0.338 e. The number of nitrogens with one attached hydrogen (secondary N) is 1. The fourth-order valence-corrected chi connectivity index (χ4v) is 2.77. The van der Waals surface area contributed by atoms with E-state index in [1.165, 1.54) is 10.9 Å². The van der Waals surface area contributed by atoms with E-state index >= 15 is 0 Å². The van der Waals surface area contributed by atoms with Crippen molar-refractivity contribution < 1.29 is 4.79 Å². The summed E-state index contributed by atoms with van der Waals surface area (Å²) in [6.45, 7) is 6.69. The summed E-state index contributed by atoms with van der Waals surface area (Å²) in [6.07, 6.45) is 1.98. The lowest BCUT2D eigenvalue weighted by Crippen LogP contribution is -2.18. The molecule has 0 unspecified atom stereocenters. The first-order valence-corrected chi connectivity index (χ1v) is 7.99. The van der Waals surface area contributed by atoms with Crippen LogP contribution in [-0.4, -0.2) is 10.5 Å². The molecule has 1 amide bonds. The number of aryl methyl sites for hydroxylation is 1. The number of anilines is 1. The van der Waals surface area contributed by atoms with Gasteiger partial charge in [0.25, 0.3) is 0 Å². The third-order valence-corrected chi connectivity index (χ3v) is 4.19. The molecule has 1 heterocycles. The van der Waals surface area contributed by atoms with Crippen molar-refractivity contribution in [2.45, 2.75) is 33.2 Å². The second kappa shape index (κ2) is 6.29. The fraction of sp³-hybridized carbons (Fsp3) is 0.250. The molecule has 0 atom stereocenters. The average Bonchev–Trinajstić information content (AvgIpc) is 2.92. The predicted molar refractivity (Wildman–Crippen MR) is 95.8 cm³/mol. The standard InChI is InChI=1S/C20H22N2O/c1-14(2)16-8-9-19-17(12-16)10-11-22(19)13-20(23)21-18-7-5-4-6-15(18)3/h4-12,14H,13H2,1-3H3,(H,21,23). The molecule has 1 N–H and O–H groups in total. The van der Waals surface area contributed by atoms with Gasteiger partial charge in [0.15, 0.2) is 0 Å². The molecule has 0 saturated heterocycles. The lowest BCUT2D eigenvalue weighted by Gasteiger charge is -2.10. The number of fused-ring (bicyclic) bond motifs is 1. The molecule has 0 aliphatic heterocycles. The highest BCUT2D eigenvalue weighted by atomic mass is 16.1. The number of hydrogen-bond acceptors (Lipinski definition) is 1. The van der Waals surface area contributed by atoms with E-state index in [9.17, 15) is 4.79 Å². The van der Waals surface area contributed by atoms with Crippen LogP contribution in [0, 0.1) is 6.92 Å². The Hall–Kier alpha value is -2.55. The van der Waals surface area contributed by atoms with Gasteiger partial charge in [0.1, 0.15) is 6.54 Å². The summed E-state index contributed by atoms with van der Waals surface area (Å²) in [5.74, 6) is 0.497. The zero-order valence-electron chi connectivity index (χ0n) is 13.8. The Kier molecular flexibility index (Phi) is 4.20. The molecule has 0 saturated carbocycles. The highest BCUT2D eigenvalue weighted by molar-refractivity contribution is 5.92. The minimum absolute atomic E-state index is 0.00950. The SMILES string of the molecule is Cc1ccccc1NC(=O)Cn1ccc2cc(C(C)C)ccc21. The van der Waals surface area contributed by atoms with E-state index in [1.54, 1.807) is 0 Å². The summed E-state index contributed by atoms with van der Waals surface area (Å²) < 4.78 is 1.99. The van der Waals surface area contributed by atoms with E-state index in [-0.39, 0.29) is 5.91 Å². The van der Waals surface area contributed by atoms with Gasteiger partial charge in [0.2, 0.25) is 5.91 Å². The van der Waals surface area contributed by atoms with Crippen molar-refractivity contribution in [2.24, 2.45) is 0 Å². The first-order valence-electron chi connectivity index (χ1n) is 7.99. The van der Waals surface area contributed by atoms with Gasteiger partial charge in [-0.05, 0) is 53.6 Å². The van der Waals surface area contributed by atoms with Crippen molar-refractivity contribution in [3.05, 3.63) is 65.9 Å². The van der Waals surface area contributed by atoms with E-state index in [4.69, 9.17) is 0 Å². The Labute approximate surface area is 136 Å². The molecule has 0 aliphatic carbocycles. The first-order chi connectivity index (χ1) is 11.0. The molecule has 0 radical (unpaired) electrons. The predicted octanol–water partition coefficient (Wildman–Crippen LogP) is 4.71. The molecule has 1 aromatic heterocycles. The minimum atomic E-state index is -0.00950. The molecule has 3 heteroatoms. The van der Waals surface area contributed by atoms with Crippen LogP contribution in [0.1, 0.15) is 30.9 Å². The number of rotatable bonds is 4. The van der Waals surface area contributed by atoms with Crippen molar-refractivity contribution in [2.75, 3.05) is 5.32 Å². The third-order valence-electron chi connectivity index (χ3n) is 4.19. The molecule has 118 valence electrons. The van der Waals surface area contributed by atoms with Gasteiger partial charge in [-0.1, -0.05) is 38.1 Å². The molecular weight excluding hydrogens is 284 g/mol. The first kappa shape index (κ1) is 15.3. The van der Waals surface area contributed by atoms with Crippen LogP contribution in [0.25, 0.3) is 10.9 Å². The summed E-state index contributed by atoms with van der Waals surface area (Å²) in [4.78, 5) is 12.3. The molecular formula is C20H22N2O. The van der Waals surface area contributed by atoms with E-state index in [0.29, 0.717) is 12.5 Å². The maximum atomic E-state index is 12.3. The Morgan fingerprint density at radius 3 is 2.65 bits per heavy atom. The van der Waals surface area contributed by atoms with Gasteiger partial charge in [-0.25, -0.2) is 0 Å². The quantitative estimate of drug-likeness (QED) is 0.744. The van der Waals surface area contributed by atoms with Crippen LogP contribution in [0.3, 0.4) is 0 Å². The molecule has 0 fully saturated rings. The van der Waals surface area contributed by atoms with Crippen LogP contribution >= 0.6 is 0 Å². The molecule has 3 rings (SSSR count). The van der Waals surface area contributed by atoms with Crippen molar-refractivity contribution >= 4 is 22.5 Å². The number of nitrogens with zero attached hydrogens (tertiary/aromatic N) is 1. The summed E-state index contributed by atoms with van der Waals surface area (Å²) in [7, 11) is 0. The van der Waals surface area contributed by atoms with Gasteiger partial charge >= 0.3 is 0 Å². The zero-order chi connectivity index (χ0) is 16.4. The number of para-hydroxylation sites is 1. The van der Waals surface area contributed by atoms with Crippen LogP contribution in [0.5, 0.6) is 0 Å². The molecule has 23 heavy (non-hydrogen) atoms. The van der Waals surface area contributed by atoms with Crippen molar-refractivity contribution in [3.8, 4) is 0 Å². The van der Waals surface area contributed by atoms with Crippen molar-refractivity contribution in [1.82, 2.24) is 4.57 Å². The smallest absolute Gasteiger partial charge is 0.244 e. The molecule has 0 bridgehead atoms. The van der Waals surface area contributed by atoms with Crippen LogP contribution < -0.4 is 5.32 Å². The van der Waals surface area contributed by atoms with E-state index in [1.807, 2.05) is 42.0 Å². The summed E-state index contributed by atoms with van der Waals surface area (Å²) in [6, 6.07) is 16.3. The Bertz CT molecular complexity index is 846. The Morgan fingerprint density at radius 1 is 1.13 bits per heavy atom. The normalized spacial score (nSPS) is 11.1. The van der Waals surface area contributed by atoms with Crippen LogP contribution in [-0.2, 0) is 11.3 Å². The lowest BCUT2D eigenvalue weighted by atomic mass is 10.0. The fourth-order valence-electron chi connectivity index (χ4n) is 2.77. The average molecular weight is 306 g/mol. The van der Waals surface area contributed by atoms with Crippen molar-refractivity contribution in [1.29, 1.82) is 0 Å². The summed E-state index contributed by atoms with van der Waals surface area (Å²) in [5, 5.41) is 4.16. The van der Waals surface area contributed by atoms with E-state index in [0.717, 1.165) is 16.8 Å². The summed E-state index contributed by atoms with van der Waals surface area (Å²) in [5.41, 5.74) is 4.35. The molecule has 3 nitrogen and oxygen atoms in total. The monoisotopic (exact) mass is 306 g/mol. The number of amides is 1. The lowest BCUT2D eigenvalue weighted by molar-refractivity contribution is -0.116. The number of carbonyl (C=O) groups excluding carboxylic acids is 1. The van der Waals surface area contributed by atoms with Gasteiger partial charge < -0.3 is 9.88 Å². The van der Waals surface area contributed by atoms with Crippen molar-refractivity contribution in [3.63, 3.8) is 0 Å². The van der Waals surface area contributed by atoms with E-state index < -0.39 is 0 Å². The van der Waals surface area contributed by atoms with Crippen LogP contribution in [0.2, 0.25) is 0 Å². The highest BCUT2D eigenvalue weighted by Gasteiger charge is 2.09. The van der Waals surface area contributed by atoms with Gasteiger partial charge in [-0.2, -0.15) is 0 Å². The van der Waals surface area contributed by atoms with E-state index in [2.05, 4.69) is 43.4 Å². The Balaban J connectivity index is 1.79. The van der Waals surface area contributed by atoms with Crippen LogP contribution in [0.4, 0.5) is 5.69 Å². The third kappa shape index (κ3) is 3.29. The molecule has 0 aliphatic rings. The van der Waals surface area contributed by atoms with Gasteiger partial charge in [0, 0.05) is 17.4 Å². The second-order valence-electron chi connectivity index (χ2n) is 6.28. The number of hydrogen-bond donors (Lipinski definition) is 1.